The van der Waals surface area contributed by atoms with Crippen molar-refractivity contribution in [3.05, 3.63) is 0 Å². The van der Waals surface area contributed by atoms with Gasteiger partial charge in [-0.2, -0.15) is 5.26 Å². The van der Waals surface area contributed by atoms with Crippen LogP contribution in [0.2, 0.25) is 0 Å². The third-order valence-electron chi connectivity index (χ3n) is 0.703. The molecule has 3 nitrogen and oxygen atoms in total. The van der Waals surface area contributed by atoms with Crippen LogP contribution in [0.25, 0.3) is 0 Å². The minimum Gasteiger partial charge on any atom is -0.342 e. The molecule has 0 bridgehead atoms. The van der Waals surface area contributed by atoms with Gasteiger partial charge in [0.15, 0.2) is 0 Å². The molecule has 1 atom stereocenters. The smallest absolute Gasteiger partial charge is 0.238 e. The number of carbonyl (C=O) groups is 1. The van der Waals surface area contributed by atoms with Crippen molar-refractivity contribution in [1.29, 1.82) is 5.26 Å². The van der Waals surface area contributed by atoms with Gasteiger partial charge in [-0.1, -0.05) is 0 Å². The van der Waals surface area contributed by atoms with Gasteiger partial charge in [-0.05, 0) is 6.92 Å². The number of carbonyl (C=O) groups excluding carboxylic acids is 1. The lowest BCUT2D eigenvalue weighted by Crippen LogP contribution is -2.29. The molecule has 0 saturated carbocycles. The van der Waals surface area contributed by atoms with Gasteiger partial charge in [0.25, 0.3) is 0 Å². The van der Waals surface area contributed by atoms with E-state index in [2.05, 4.69) is 5.32 Å². The third kappa shape index (κ3) is 3.80. The Kier molecular flexibility index (Phi) is 3.81. The zero-order valence-electron chi connectivity index (χ0n) is 5.02. The van der Waals surface area contributed by atoms with Crippen LogP contribution in [-0.4, -0.2) is 17.8 Å². The van der Waals surface area contributed by atoms with Gasteiger partial charge in [-0.15, -0.1) is 11.6 Å². The lowest BCUT2D eigenvalue weighted by molar-refractivity contribution is -0.120. The van der Waals surface area contributed by atoms with Crippen LogP contribution >= 0.6 is 11.6 Å². The molecule has 1 amide bonds. The first-order valence-corrected chi connectivity index (χ1v) is 2.91. The predicted molar refractivity (Wildman–Crippen MR) is 33.9 cm³/mol. The Morgan fingerprint density at radius 2 is 2.56 bits per heavy atom. The maximum Gasteiger partial charge on any atom is 0.238 e. The highest BCUT2D eigenvalue weighted by atomic mass is 35.5. The monoisotopic (exact) mass is 146 g/mol. The van der Waals surface area contributed by atoms with Crippen LogP contribution in [-0.2, 0) is 4.79 Å². The number of amides is 1. The van der Waals surface area contributed by atoms with Gasteiger partial charge < -0.3 is 5.32 Å². The van der Waals surface area contributed by atoms with Crippen LogP contribution in [0.4, 0.5) is 0 Å². The van der Waals surface area contributed by atoms with Gasteiger partial charge in [0, 0.05) is 0 Å². The third-order valence-corrected chi connectivity index (χ3v) is 0.901. The fourth-order valence-electron chi connectivity index (χ4n) is 0.267. The fraction of sp³-hybridized carbons (Fsp3) is 0.600. The summed E-state index contributed by atoms with van der Waals surface area (Å²) in [5.41, 5.74) is 0. The highest BCUT2D eigenvalue weighted by Gasteiger charge is 2.05. The van der Waals surface area contributed by atoms with Crippen molar-refractivity contribution in [3.63, 3.8) is 0 Å². The molecule has 0 aromatic heterocycles. The van der Waals surface area contributed by atoms with Crippen LogP contribution < -0.4 is 5.32 Å². The van der Waals surface area contributed by atoms with Crippen molar-refractivity contribution in [3.8, 4) is 6.07 Å². The molecule has 0 unspecified atom stereocenters. The molecule has 0 radical (unpaired) electrons. The maximum atomic E-state index is 10.5. The van der Waals surface area contributed by atoms with Crippen molar-refractivity contribution in [1.82, 2.24) is 5.32 Å². The summed E-state index contributed by atoms with van der Waals surface area (Å²) in [7, 11) is 0. The zero-order valence-corrected chi connectivity index (χ0v) is 5.77. The molecule has 50 valence electrons. The van der Waals surface area contributed by atoms with Gasteiger partial charge in [0.05, 0.1) is 6.07 Å². The van der Waals surface area contributed by atoms with E-state index < -0.39 is 5.38 Å². The lowest BCUT2D eigenvalue weighted by atomic mass is 10.4. The molecule has 0 aromatic carbocycles. The minimum absolute atomic E-state index is 0.0237. The zero-order chi connectivity index (χ0) is 7.28. The maximum absolute atomic E-state index is 10.5. The largest absolute Gasteiger partial charge is 0.342 e. The Morgan fingerprint density at radius 1 is 2.00 bits per heavy atom. The molecule has 1 N–H and O–H groups in total. The normalized spacial score (nSPS) is 11.7. The number of nitrogens with zero attached hydrogens (tertiary/aromatic N) is 1. The number of alkyl halides is 1. The highest BCUT2D eigenvalue weighted by Crippen LogP contribution is 1.90. The first-order valence-electron chi connectivity index (χ1n) is 2.47. The molecule has 0 aromatic rings. The van der Waals surface area contributed by atoms with E-state index in [1.807, 2.05) is 0 Å². The number of hydrogen-bond acceptors (Lipinski definition) is 2. The molecule has 0 saturated heterocycles. The van der Waals surface area contributed by atoms with Crippen LogP contribution in [0.3, 0.4) is 0 Å². The Hall–Kier alpha value is -0.750. The summed E-state index contributed by atoms with van der Waals surface area (Å²) in [5.74, 6) is -0.307. The molecule has 4 heteroatoms. The predicted octanol–water partition coefficient (Wildman–Crippen LogP) is 0.253. The second-order valence-electron chi connectivity index (χ2n) is 1.49. The molecule has 9 heavy (non-hydrogen) atoms. The van der Waals surface area contributed by atoms with E-state index in [9.17, 15) is 4.79 Å². The highest BCUT2D eigenvalue weighted by molar-refractivity contribution is 6.30. The topological polar surface area (TPSA) is 52.9 Å². The molecule has 0 spiro atoms. The summed E-state index contributed by atoms with van der Waals surface area (Å²) < 4.78 is 0. The average Bonchev–Trinajstić information content (AvgIpc) is 1.82. The Balaban J connectivity index is 3.42. The second kappa shape index (κ2) is 4.16. The number of halogens is 1. The van der Waals surface area contributed by atoms with Crippen LogP contribution in [0, 0.1) is 11.3 Å². The standard InChI is InChI=1S/C5H7ClN2O/c1-4(6)5(9)8-3-2-7/h4H,3H2,1H3,(H,8,9)/t4-/m0/s1. The summed E-state index contributed by atoms with van der Waals surface area (Å²) in [6, 6.07) is 1.76. The van der Waals surface area contributed by atoms with E-state index in [4.69, 9.17) is 16.9 Å². The van der Waals surface area contributed by atoms with Gasteiger partial charge in [-0.3, -0.25) is 4.79 Å². The van der Waals surface area contributed by atoms with E-state index in [1.54, 1.807) is 13.0 Å². The van der Waals surface area contributed by atoms with E-state index in [-0.39, 0.29) is 12.5 Å². The minimum atomic E-state index is -0.557. The molecule has 0 rings (SSSR count). The van der Waals surface area contributed by atoms with E-state index in [0.29, 0.717) is 0 Å². The van der Waals surface area contributed by atoms with Crippen LogP contribution in [0.15, 0.2) is 0 Å². The van der Waals surface area contributed by atoms with E-state index >= 15 is 0 Å². The van der Waals surface area contributed by atoms with Crippen molar-refractivity contribution in [2.75, 3.05) is 6.54 Å². The molecule has 0 aliphatic carbocycles. The SMILES string of the molecule is C[C@H](Cl)C(=O)NCC#N. The molecular formula is C5H7ClN2O. The number of nitrogens with one attached hydrogen (secondary N) is 1. The number of nitriles is 1. The Labute approximate surface area is 58.6 Å². The lowest BCUT2D eigenvalue weighted by Gasteiger charge is -1.99. The van der Waals surface area contributed by atoms with Gasteiger partial charge in [0.1, 0.15) is 11.9 Å². The summed E-state index contributed by atoms with van der Waals surface area (Å²) in [4.78, 5) is 10.5. The average molecular weight is 147 g/mol. The van der Waals surface area contributed by atoms with Crippen LogP contribution in [0.1, 0.15) is 6.92 Å². The quantitative estimate of drug-likeness (QED) is 0.449. The first-order chi connectivity index (χ1) is 4.18. The van der Waals surface area contributed by atoms with Gasteiger partial charge >= 0.3 is 0 Å². The first kappa shape index (κ1) is 8.25. The summed E-state index contributed by atoms with van der Waals surface area (Å²) in [5, 5.41) is 9.73. The van der Waals surface area contributed by atoms with Gasteiger partial charge in [-0.25, -0.2) is 0 Å². The number of hydrogen-bond donors (Lipinski definition) is 1. The molecular weight excluding hydrogens is 140 g/mol. The van der Waals surface area contributed by atoms with Crippen molar-refractivity contribution < 1.29 is 4.79 Å². The van der Waals surface area contributed by atoms with Crippen molar-refractivity contribution in [2.45, 2.75) is 12.3 Å². The molecule has 0 heterocycles. The second-order valence-corrected chi connectivity index (χ2v) is 2.15. The summed E-state index contributed by atoms with van der Waals surface area (Å²) in [6.07, 6.45) is 0. The molecule has 0 fully saturated rings. The summed E-state index contributed by atoms with van der Waals surface area (Å²) >= 11 is 5.34. The van der Waals surface area contributed by atoms with Gasteiger partial charge in [0.2, 0.25) is 5.91 Å². The fourth-order valence-corrected chi connectivity index (χ4v) is 0.344. The molecule has 0 aliphatic rings. The number of rotatable bonds is 2. The van der Waals surface area contributed by atoms with Crippen molar-refractivity contribution >= 4 is 17.5 Å². The Morgan fingerprint density at radius 3 is 2.89 bits per heavy atom. The molecule has 0 aliphatic heterocycles. The van der Waals surface area contributed by atoms with E-state index in [1.165, 1.54) is 0 Å². The van der Waals surface area contributed by atoms with Crippen molar-refractivity contribution in [2.24, 2.45) is 0 Å². The summed E-state index contributed by atoms with van der Waals surface area (Å²) in [6.45, 7) is 1.57. The van der Waals surface area contributed by atoms with Crippen LogP contribution in [0.5, 0.6) is 0 Å². The van der Waals surface area contributed by atoms with E-state index in [0.717, 1.165) is 0 Å². The Bertz CT molecular complexity index is 138.